The third kappa shape index (κ3) is 5.84. The predicted octanol–water partition coefficient (Wildman–Crippen LogP) is 1.12. The van der Waals surface area contributed by atoms with Gasteiger partial charge in [0.15, 0.2) is 0 Å². The van der Waals surface area contributed by atoms with E-state index in [1.807, 2.05) is 0 Å². The molecule has 0 spiro atoms. The Bertz CT molecular complexity index is 639. The van der Waals surface area contributed by atoms with Crippen molar-refractivity contribution in [1.82, 2.24) is 5.32 Å². The summed E-state index contributed by atoms with van der Waals surface area (Å²) in [5, 5.41) is 22.7. The monoisotopic (exact) mass is 339 g/mol. The quantitative estimate of drug-likeness (QED) is 0.523. The van der Waals surface area contributed by atoms with E-state index in [-0.39, 0.29) is 17.7 Å². The summed E-state index contributed by atoms with van der Waals surface area (Å²) in [6.07, 6.45) is -0.657. The first-order chi connectivity index (χ1) is 11.0. The highest BCUT2D eigenvalue weighted by molar-refractivity contribution is 5.95. The van der Waals surface area contributed by atoms with Crippen molar-refractivity contribution in [3.8, 4) is 0 Å². The molecule has 1 aromatic rings. The Morgan fingerprint density at radius 3 is 2.50 bits per heavy atom. The molecule has 0 saturated heterocycles. The number of carbonyl (C=O) groups excluding carboxylic acids is 2. The van der Waals surface area contributed by atoms with Crippen LogP contribution >= 0.6 is 0 Å². The molecule has 132 valence electrons. The van der Waals surface area contributed by atoms with E-state index in [0.717, 1.165) is 6.07 Å². The molecule has 0 fully saturated rings. The summed E-state index contributed by atoms with van der Waals surface area (Å²) < 4.78 is 5.09. The zero-order chi connectivity index (χ0) is 18.5. The molecule has 0 aliphatic rings. The average molecular weight is 339 g/mol. The highest BCUT2D eigenvalue weighted by Gasteiger charge is 2.22. The number of aliphatic hydroxyl groups is 1. The molecule has 2 amide bonds. The average Bonchev–Trinajstić information content (AvgIpc) is 2.44. The largest absolute Gasteiger partial charge is 0.444 e. The van der Waals surface area contributed by atoms with Gasteiger partial charge in [0.25, 0.3) is 5.69 Å². The van der Waals surface area contributed by atoms with E-state index < -0.39 is 35.2 Å². The molecule has 0 bridgehead atoms. The zero-order valence-electron chi connectivity index (χ0n) is 13.7. The van der Waals surface area contributed by atoms with Crippen LogP contribution in [0.15, 0.2) is 18.2 Å². The Balaban J connectivity index is 2.94. The fraction of sp³-hybridized carbons (Fsp3) is 0.467. The van der Waals surface area contributed by atoms with Crippen LogP contribution in [0.5, 0.6) is 0 Å². The number of hydrogen-bond donors (Lipinski definition) is 3. The number of amides is 2. The number of nitro groups is 1. The molecule has 24 heavy (non-hydrogen) atoms. The third-order valence-electron chi connectivity index (χ3n) is 2.98. The molecule has 0 heterocycles. The number of rotatable bonds is 6. The van der Waals surface area contributed by atoms with Gasteiger partial charge in [0, 0.05) is 17.7 Å². The molecule has 0 aliphatic heterocycles. The number of non-ortho nitro benzene ring substituents is 1. The van der Waals surface area contributed by atoms with Crippen molar-refractivity contribution < 1.29 is 24.4 Å². The Morgan fingerprint density at radius 1 is 1.42 bits per heavy atom. The lowest BCUT2D eigenvalue weighted by Gasteiger charge is -2.23. The molecule has 1 atom stereocenters. The Kier molecular flexibility index (Phi) is 6.24. The number of ether oxygens (including phenoxy) is 1. The van der Waals surface area contributed by atoms with E-state index in [0.29, 0.717) is 5.56 Å². The molecule has 1 aromatic carbocycles. The van der Waals surface area contributed by atoms with E-state index in [4.69, 9.17) is 10.5 Å². The standard InChI is InChI=1S/C15H21N3O6/c1-15(2,3)24-14(21)17-10(8-19)6-9-4-5-11(18(22)23)7-12(9)13(16)20/h4-5,7,10,19H,6,8H2,1-3H3,(H2,16,20)(H,17,21). The normalized spacial score (nSPS) is 12.3. The van der Waals surface area contributed by atoms with E-state index in [1.54, 1.807) is 20.8 Å². The summed E-state index contributed by atoms with van der Waals surface area (Å²) in [4.78, 5) is 33.4. The number of hydrogen-bond acceptors (Lipinski definition) is 6. The summed E-state index contributed by atoms with van der Waals surface area (Å²) in [6.45, 7) is 4.68. The maximum atomic E-state index is 11.8. The van der Waals surface area contributed by atoms with Crippen molar-refractivity contribution in [2.24, 2.45) is 5.73 Å². The number of nitrogens with two attached hydrogens (primary N) is 1. The van der Waals surface area contributed by atoms with Gasteiger partial charge in [-0.1, -0.05) is 6.07 Å². The summed E-state index contributed by atoms with van der Waals surface area (Å²) >= 11 is 0. The number of alkyl carbamates (subject to hydrolysis) is 1. The second-order valence-corrected chi connectivity index (χ2v) is 6.19. The van der Waals surface area contributed by atoms with Crippen molar-refractivity contribution in [2.75, 3.05) is 6.61 Å². The van der Waals surface area contributed by atoms with Crippen molar-refractivity contribution >= 4 is 17.7 Å². The van der Waals surface area contributed by atoms with Crippen LogP contribution in [0.3, 0.4) is 0 Å². The summed E-state index contributed by atoms with van der Waals surface area (Å²) in [7, 11) is 0. The number of nitrogens with one attached hydrogen (secondary N) is 1. The highest BCUT2D eigenvalue weighted by atomic mass is 16.6. The zero-order valence-corrected chi connectivity index (χ0v) is 13.7. The molecule has 9 heteroatoms. The van der Waals surface area contributed by atoms with Crippen LogP contribution in [0.25, 0.3) is 0 Å². The lowest BCUT2D eigenvalue weighted by Crippen LogP contribution is -2.42. The number of benzene rings is 1. The first-order valence-electron chi connectivity index (χ1n) is 7.21. The summed E-state index contributed by atoms with van der Waals surface area (Å²) in [5.41, 5.74) is 4.62. The molecule has 4 N–H and O–H groups in total. The van der Waals surface area contributed by atoms with Crippen molar-refractivity contribution in [1.29, 1.82) is 0 Å². The van der Waals surface area contributed by atoms with Gasteiger partial charge in [0.05, 0.1) is 17.6 Å². The molecular weight excluding hydrogens is 318 g/mol. The molecule has 0 saturated carbocycles. The summed E-state index contributed by atoms with van der Waals surface area (Å²) in [6, 6.07) is 2.93. The number of carbonyl (C=O) groups is 2. The van der Waals surface area contributed by atoms with Crippen LogP contribution in [0.1, 0.15) is 36.7 Å². The molecule has 1 rings (SSSR count). The van der Waals surface area contributed by atoms with Gasteiger partial charge < -0.3 is 20.9 Å². The third-order valence-corrected chi connectivity index (χ3v) is 2.98. The molecule has 0 radical (unpaired) electrons. The van der Waals surface area contributed by atoms with Gasteiger partial charge >= 0.3 is 6.09 Å². The minimum atomic E-state index is -0.831. The first kappa shape index (κ1) is 19.4. The van der Waals surface area contributed by atoms with Crippen LogP contribution in [0.4, 0.5) is 10.5 Å². The second-order valence-electron chi connectivity index (χ2n) is 6.19. The molecule has 1 unspecified atom stereocenters. The van der Waals surface area contributed by atoms with Gasteiger partial charge in [-0.3, -0.25) is 14.9 Å². The number of aliphatic hydroxyl groups excluding tert-OH is 1. The van der Waals surface area contributed by atoms with Gasteiger partial charge in [0.2, 0.25) is 5.91 Å². The van der Waals surface area contributed by atoms with Crippen LogP contribution in [0.2, 0.25) is 0 Å². The van der Waals surface area contributed by atoms with E-state index in [2.05, 4.69) is 5.32 Å². The highest BCUT2D eigenvalue weighted by Crippen LogP contribution is 2.19. The van der Waals surface area contributed by atoms with E-state index >= 15 is 0 Å². The molecule has 0 aromatic heterocycles. The molecule has 0 aliphatic carbocycles. The predicted molar refractivity (Wildman–Crippen MR) is 85.6 cm³/mol. The van der Waals surface area contributed by atoms with Gasteiger partial charge in [-0.15, -0.1) is 0 Å². The smallest absolute Gasteiger partial charge is 0.407 e. The van der Waals surface area contributed by atoms with Crippen molar-refractivity contribution in [3.63, 3.8) is 0 Å². The van der Waals surface area contributed by atoms with Gasteiger partial charge in [-0.25, -0.2) is 4.79 Å². The van der Waals surface area contributed by atoms with E-state index in [9.17, 15) is 24.8 Å². The molecule has 9 nitrogen and oxygen atoms in total. The van der Waals surface area contributed by atoms with Gasteiger partial charge in [-0.2, -0.15) is 0 Å². The van der Waals surface area contributed by atoms with Crippen LogP contribution < -0.4 is 11.1 Å². The van der Waals surface area contributed by atoms with Gasteiger partial charge in [-0.05, 0) is 32.8 Å². The minimum absolute atomic E-state index is 0.0337. The maximum absolute atomic E-state index is 11.8. The maximum Gasteiger partial charge on any atom is 0.407 e. The number of nitro benzene ring substituents is 1. The first-order valence-corrected chi connectivity index (χ1v) is 7.21. The van der Waals surface area contributed by atoms with Crippen LogP contribution in [-0.4, -0.2) is 40.3 Å². The lowest BCUT2D eigenvalue weighted by molar-refractivity contribution is -0.384. The van der Waals surface area contributed by atoms with Crippen molar-refractivity contribution in [2.45, 2.75) is 38.8 Å². The Morgan fingerprint density at radius 2 is 2.04 bits per heavy atom. The minimum Gasteiger partial charge on any atom is -0.444 e. The SMILES string of the molecule is CC(C)(C)OC(=O)NC(CO)Cc1ccc([N+](=O)[O-])cc1C(N)=O. The van der Waals surface area contributed by atoms with Crippen LogP contribution in [0, 0.1) is 10.1 Å². The number of primary amides is 1. The Labute approximate surface area is 138 Å². The Hall–Kier alpha value is -2.68. The second kappa shape index (κ2) is 7.73. The molecular formula is C15H21N3O6. The van der Waals surface area contributed by atoms with Crippen molar-refractivity contribution in [3.05, 3.63) is 39.4 Å². The fourth-order valence-electron chi connectivity index (χ4n) is 1.99. The topological polar surface area (TPSA) is 145 Å². The number of nitrogens with zero attached hydrogens (tertiary/aromatic N) is 1. The van der Waals surface area contributed by atoms with E-state index in [1.165, 1.54) is 12.1 Å². The fourth-order valence-corrected chi connectivity index (χ4v) is 1.99. The van der Waals surface area contributed by atoms with Gasteiger partial charge in [0.1, 0.15) is 5.60 Å². The summed E-state index contributed by atoms with van der Waals surface area (Å²) in [5.74, 6) is -0.831. The lowest BCUT2D eigenvalue weighted by atomic mass is 9.99. The van der Waals surface area contributed by atoms with Crippen LogP contribution in [-0.2, 0) is 11.2 Å².